The molecule has 0 saturated heterocycles. The first-order valence-electron chi connectivity index (χ1n) is 16.3. The van der Waals surface area contributed by atoms with Gasteiger partial charge in [0.15, 0.2) is 0 Å². The number of anilines is 1. The molecule has 2 atom stereocenters. The highest BCUT2D eigenvalue weighted by Gasteiger charge is 2.50. The van der Waals surface area contributed by atoms with E-state index in [4.69, 9.17) is 4.98 Å². The number of nitriles is 1. The fraction of sp³-hybridized carbons (Fsp3) is 0.333. The Morgan fingerprint density at radius 3 is 2.46 bits per heavy atom. The SMILES string of the molecule is CCCC1/C(=[N+](/C(=O)NCc2ccccc2)c2ccc(-c3cnn(C)c3)cn2)C1CCCNc1ncc(C#N)c(-c2cnn(C)c2C)n1. The fourth-order valence-corrected chi connectivity index (χ4v) is 6.18. The smallest absolute Gasteiger partial charge is 0.354 e. The van der Waals surface area contributed by atoms with Gasteiger partial charge in [-0.3, -0.25) is 14.7 Å². The minimum absolute atomic E-state index is 0.179. The van der Waals surface area contributed by atoms with E-state index in [9.17, 15) is 10.1 Å². The van der Waals surface area contributed by atoms with Crippen LogP contribution in [0.3, 0.4) is 0 Å². The Morgan fingerprint density at radius 1 is 0.979 bits per heavy atom. The number of hydrogen-bond acceptors (Lipinski definition) is 8. The maximum absolute atomic E-state index is 13.9. The molecule has 0 radical (unpaired) electrons. The maximum Gasteiger partial charge on any atom is 0.441 e. The molecule has 1 fully saturated rings. The molecule has 2 N–H and O–H groups in total. The molecule has 1 aliphatic carbocycles. The minimum Gasteiger partial charge on any atom is -0.354 e. The largest absolute Gasteiger partial charge is 0.441 e. The van der Waals surface area contributed by atoms with E-state index in [1.54, 1.807) is 32.5 Å². The molecule has 4 aromatic heterocycles. The van der Waals surface area contributed by atoms with E-state index in [2.05, 4.69) is 43.8 Å². The lowest BCUT2D eigenvalue weighted by Gasteiger charge is -2.08. The van der Waals surface area contributed by atoms with Crippen molar-refractivity contribution in [2.45, 2.75) is 46.1 Å². The number of rotatable bonds is 12. The molecule has 6 rings (SSSR count). The van der Waals surface area contributed by atoms with Crippen LogP contribution in [0.2, 0.25) is 0 Å². The van der Waals surface area contributed by atoms with Crippen LogP contribution in [0, 0.1) is 30.1 Å². The third-order valence-electron chi connectivity index (χ3n) is 8.87. The third kappa shape index (κ3) is 7.00. The summed E-state index contributed by atoms with van der Waals surface area (Å²) in [4.78, 5) is 27.7. The second kappa shape index (κ2) is 14.4. The lowest BCUT2D eigenvalue weighted by atomic mass is 10.1. The minimum atomic E-state index is -0.179. The Kier molecular flexibility index (Phi) is 9.66. The summed E-state index contributed by atoms with van der Waals surface area (Å²) in [5.74, 6) is 1.62. The normalized spacial score (nSPS) is 16.3. The molecule has 5 aromatic rings. The molecule has 244 valence electrons. The van der Waals surface area contributed by atoms with Gasteiger partial charge in [0.1, 0.15) is 12.3 Å². The number of carbonyl (C=O) groups excluding carboxylic acids is 1. The molecule has 0 aliphatic heterocycles. The topological polar surface area (TPSA) is 142 Å². The Labute approximate surface area is 280 Å². The molecule has 1 aliphatic rings. The number of amides is 2. The van der Waals surface area contributed by atoms with Gasteiger partial charge in [-0.1, -0.05) is 43.7 Å². The summed E-state index contributed by atoms with van der Waals surface area (Å²) in [6.45, 7) is 5.21. The van der Waals surface area contributed by atoms with Crippen LogP contribution in [-0.4, -0.2) is 57.4 Å². The summed E-state index contributed by atoms with van der Waals surface area (Å²) < 4.78 is 5.31. The Balaban J connectivity index is 1.20. The van der Waals surface area contributed by atoms with Crippen molar-refractivity contribution in [3.8, 4) is 28.5 Å². The van der Waals surface area contributed by atoms with Gasteiger partial charge in [0.05, 0.1) is 42.1 Å². The van der Waals surface area contributed by atoms with Crippen LogP contribution in [0.25, 0.3) is 22.4 Å². The number of pyridine rings is 1. The number of aromatic nitrogens is 7. The quantitative estimate of drug-likeness (QED) is 0.129. The van der Waals surface area contributed by atoms with Crippen molar-refractivity contribution >= 4 is 23.5 Å². The molecule has 1 saturated carbocycles. The van der Waals surface area contributed by atoms with Crippen molar-refractivity contribution in [1.82, 2.24) is 39.8 Å². The summed E-state index contributed by atoms with van der Waals surface area (Å²) in [5, 5.41) is 24.7. The van der Waals surface area contributed by atoms with E-state index in [0.29, 0.717) is 42.0 Å². The zero-order valence-electron chi connectivity index (χ0n) is 27.8. The van der Waals surface area contributed by atoms with E-state index >= 15 is 0 Å². The molecular formula is C36H40N11O+. The molecule has 4 heterocycles. The summed E-state index contributed by atoms with van der Waals surface area (Å²) in [7, 11) is 3.75. The lowest BCUT2D eigenvalue weighted by Crippen LogP contribution is -2.32. The van der Waals surface area contributed by atoms with Crippen molar-refractivity contribution in [2.75, 3.05) is 11.9 Å². The molecule has 2 unspecified atom stereocenters. The van der Waals surface area contributed by atoms with Crippen LogP contribution in [0.4, 0.5) is 16.6 Å². The Hall–Kier alpha value is -5.70. The summed E-state index contributed by atoms with van der Waals surface area (Å²) >= 11 is 0. The predicted octanol–water partition coefficient (Wildman–Crippen LogP) is 5.79. The number of aryl methyl sites for hydroxylation is 2. The predicted molar refractivity (Wildman–Crippen MR) is 183 cm³/mol. The van der Waals surface area contributed by atoms with Gasteiger partial charge in [-0.2, -0.15) is 20.0 Å². The molecular weight excluding hydrogens is 602 g/mol. The lowest BCUT2D eigenvalue weighted by molar-refractivity contribution is -0.337. The summed E-state index contributed by atoms with van der Waals surface area (Å²) in [5.41, 5.74) is 6.76. The van der Waals surface area contributed by atoms with Gasteiger partial charge in [0, 0.05) is 67.1 Å². The van der Waals surface area contributed by atoms with Crippen LogP contribution in [0.15, 0.2) is 73.4 Å². The first-order chi connectivity index (χ1) is 23.4. The zero-order valence-corrected chi connectivity index (χ0v) is 27.8. The van der Waals surface area contributed by atoms with Gasteiger partial charge >= 0.3 is 6.03 Å². The van der Waals surface area contributed by atoms with Gasteiger partial charge in [-0.25, -0.2) is 14.8 Å². The van der Waals surface area contributed by atoms with Crippen molar-refractivity contribution in [2.24, 2.45) is 25.9 Å². The van der Waals surface area contributed by atoms with Crippen molar-refractivity contribution < 1.29 is 9.37 Å². The second-order valence-corrected chi connectivity index (χ2v) is 12.1. The number of urea groups is 1. The van der Waals surface area contributed by atoms with Crippen LogP contribution >= 0.6 is 0 Å². The third-order valence-corrected chi connectivity index (χ3v) is 8.87. The Morgan fingerprint density at radius 2 is 1.79 bits per heavy atom. The van der Waals surface area contributed by atoms with Gasteiger partial charge < -0.3 is 5.32 Å². The molecule has 2 amide bonds. The number of nitrogens with zero attached hydrogens (tertiary/aromatic N) is 9. The number of carbonyl (C=O) groups is 1. The van der Waals surface area contributed by atoms with Crippen molar-refractivity contribution in [3.05, 3.63) is 90.3 Å². The second-order valence-electron chi connectivity index (χ2n) is 12.1. The maximum atomic E-state index is 13.9. The van der Waals surface area contributed by atoms with Crippen LogP contribution < -0.4 is 10.6 Å². The van der Waals surface area contributed by atoms with Crippen molar-refractivity contribution in [1.29, 1.82) is 5.26 Å². The molecule has 1 aromatic carbocycles. The number of hydrogen-bond donors (Lipinski definition) is 2. The molecule has 12 nitrogen and oxygen atoms in total. The van der Waals surface area contributed by atoms with Gasteiger partial charge in [0.2, 0.25) is 5.95 Å². The fourth-order valence-electron chi connectivity index (χ4n) is 6.18. The van der Waals surface area contributed by atoms with E-state index in [1.165, 1.54) is 0 Å². The zero-order chi connectivity index (χ0) is 33.6. The van der Waals surface area contributed by atoms with E-state index in [0.717, 1.165) is 59.3 Å². The highest BCUT2D eigenvalue weighted by atomic mass is 16.2. The molecule has 0 bridgehead atoms. The average Bonchev–Trinajstić information content (AvgIpc) is 3.37. The average molecular weight is 643 g/mol. The highest BCUT2D eigenvalue weighted by molar-refractivity contribution is 6.03. The van der Waals surface area contributed by atoms with Crippen LogP contribution in [-0.2, 0) is 20.6 Å². The molecule has 12 heteroatoms. The van der Waals surface area contributed by atoms with Crippen molar-refractivity contribution in [3.63, 3.8) is 0 Å². The van der Waals surface area contributed by atoms with Gasteiger partial charge in [0.25, 0.3) is 5.82 Å². The standard InChI is InChI=1S/C36H39N11O/c1-5-10-29-30(13-9-16-38-35-40-20-27(17-37)33(44-35)31-22-43-46(4)24(31)2)34(29)47(36(48)41-18-25-11-7-6-8-12-25)32-15-14-26(19-39-32)28-21-42-45(3)23-28/h6-8,11-12,14-15,19-23,29-30H,5,9-10,13,16,18H2,1-4H3,(H-,38,40,41,44,48)/p+1/b47-34-. The monoisotopic (exact) mass is 642 g/mol. The van der Waals surface area contributed by atoms with E-state index in [1.807, 2.05) is 75.9 Å². The summed E-state index contributed by atoms with van der Waals surface area (Å²) in [6, 6.07) is 15.8. The Bertz CT molecular complexity index is 1970. The van der Waals surface area contributed by atoms with Gasteiger partial charge in [-0.15, -0.1) is 4.98 Å². The number of benzene rings is 1. The number of nitrogens with one attached hydrogen (secondary N) is 2. The van der Waals surface area contributed by atoms with Gasteiger partial charge in [-0.05, 0) is 37.8 Å². The first kappa shape index (κ1) is 32.2. The van der Waals surface area contributed by atoms with E-state index in [-0.39, 0.29) is 11.9 Å². The van der Waals surface area contributed by atoms with Crippen LogP contribution in [0.1, 0.15) is 49.4 Å². The molecule has 48 heavy (non-hydrogen) atoms. The van der Waals surface area contributed by atoms with E-state index < -0.39 is 0 Å². The molecule has 0 spiro atoms. The first-order valence-corrected chi connectivity index (χ1v) is 16.3. The highest BCUT2D eigenvalue weighted by Crippen LogP contribution is 2.43. The summed E-state index contributed by atoms with van der Waals surface area (Å²) in [6.07, 6.45) is 12.6. The van der Waals surface area contributed by atoms with Crippen LogP contribution in [0.5, 0.6) is 0 Å².